The molecule has 0 aliphatic heterocycles. The second-order valence-corrected chi connectivity index (χ2v) is 3.24. The monoisotopic (exact) mass is 293 g/mol. The summed E-state index contributed by atoms with van der Waals surface area (Å²) >= 11 is 2.35. The van der Waals surface area contributed by atoms with Crippen molar-refractivity contribution in [1.82, 2.24) is 4.98 Å². The number of aromatic nitrogens is 1. The Morgan fingerprint density at radius 3 is 2.20 bits per heavy atom. The van der Waals surface area contributed by atoms with E-state index in [1.165, 1.54) is 0 Å². The summed E-state index contributed by atoms with van der Waals surface area (Å²) in [6, 6.07) is 0. The van der Waals surface area contributed by atoms with Crippen LogP contribution >= 0.6 is 15.9 Å². The molecule has 0 saturated carbocycles. The summed E-state index contributed by atoms with van der Waals surface area (Å²) in [4.78, 5) is 3.00. The average Bonchev–Trinajstić information content (AvgIpc) is 2.00. The van der Waals surface area contributed by atoms with Gasteiger partial charge in [0.2, 0.25) is 0 Å². The maximum atomic E-state index is 13.0. The van der Waals surface area contributed by atoms with Crippen molar-refractivity contribution in [2.45, 2.75) is 12.6 Å². The van der Waals surface area contributed by atoms with Crippen LogP contribution in [-0.2, 0) is 6.18 Å². The van der Waals surface area contributed by atoms with Crippen LogP contribution < -0.4 is 0 Å². The SMILES string of the molecule is Fc1c(C(F)F)cnc(Br)c1C(F)(F)F. The quantitative estimate of drug-likeness (QED) is 0.564. The van der Waals surface area contributed by atoms with Crippen LogP contribution in [0.5, 0.6) is 0 Å². The lowest BCUT2D eigenvalue weighted by Crippen LogP contribution is -2.12. The van der Waals surface area contributed by atoms with Crippen LogP contribution in [0.25, 0.3) is 0 Å². The Kier molecular flexibility index (Phi) is 3.27. The maximum absolute atomic E-state index is 13.0. The Labute approximate surface area is 88.2 Å². The highest BCUT2D eigenvalue weighted by molar-refractivity contribution is 9.10. The van der Waals surface area contributed by atoms with E-state index >= 15 is 0 Å². The molecule has 15 heavy (non-hydrogen) atoms. The van der Waals surface area contributed by atoms with Crippen molar-refractivity contribution in [2.75, 3.05) is 0 Å². The van der Waals surface area contributed by atoms with Crippen LogP contribution in [0, 0.1) is 5.82 Å². The summed E-state index contributed by atoms with van der Waals surface area (Å²) in [7, 11) is 0. The van der Waals surface area contributed by atoms with E-state index in [0.717, 1.165) is 0 Å². The van der Waals surface area contributed by atoms with E-state index in [-0.39, 0.29) is 0 Å². The van der Waals surface area contributed by atoms with Gasteiger partial charge in [0.1, 0.15) is 16.0 Å². The molecule has 84 valence electrons. The molecular weight excluding hydrogens is 292 g/mol. The van der Waals surface area contributed by atoms with Gasteiger partial charge in [0.15, 0.2) is 0 Å². The second-order valence-electron chi connectivity index (χ2n) is 2.49. The molecular formula is C7H2BrF6N. The Bertz CT molecular complexity index is 374. The predicted molar refractivity (Wildman–Crippen MR) is 41.9 cm³/mol. The van der Waals surface area contributed by atoms with E-state index in [0.29, 0.717) is 6.20 Å². The number of hydrogen-bond acceptors (Lipinski definition) is 1. The third-order valence-corrected chi connectivity index (χ3v) is 2.12. The van der Waals surface area contributed by atoms with Crippen LogP contribution in [0.1, 0.15) is 17.6 Å². The van der Waals surface area contributed by atoms with Gasteiger partial charge in [-0.1, -0.05) is 0 Å². The van der Waals surface area contributed by atoms with Gasteiger partial charge in [-0.15, -0.1) is 0 Å². The van der Waals surface area contributed by atoms with Crippen LogP contribution in [0.4, 0.5) is 26.3 Å². The Balaban J connectivity index is 3.44. The summed E-state index contributed by atoms with van der Waals surface area (Å²) in [5.41, 5.74) is -3.19. The maximum Gasteiger partial charge on any atom is 0.421 e. The molecule has 0 aliphatic carbocycles. The number of rotatable bonds is 1. The van der Waals surface area contributed by atoms with Crippen molar-refractivity contribution in [3.63, 3.8) is 0 Å². The van der Waals surface area contributed by atoms with Crippen molar-refractivity contribution < 1.29 is 26.3 Å². The highest BCUT2D eigenvalue weighted by Gasteiger charge is 2.39. The van der Waals surface area contributed by atoms with Crippen molar-refractivity contribution in [2.24, 2.45) is 0 Å². The normalized spacial score (nSPS) is 12.3. The minimum absolute atomic E-state index is 0.360. The number of halogens is 7. The molecule has 0 N–H and O–H groups in total. The molecule has 1 aromatic rings. The van der Waals surface area contributed by atoms with Gasteiger partial charge in [0.05, 0.1) is 5.56 Å². The number of pyridine rings is 1. The molecule has 0 unspecified atom stereocenters. The van der Waals surface area contributed by atoms with Gasteiger partial charge in [-0.2, -0.15) is 13.2 Å². The standard InChI is InChI=1S/C7H2BrF6N/c8-5-3(7(12,13)14)4(9)2(1-15-5)6(10)11/h1,6H. The molecule has 0 bridgehead atoms. The van der Waals surface area contributed by atoms with Gasteiger partial charge in [0, 0.05) is 6.20 Å². The first-order chi connectivity index (χ1) is 6.75. The van der Waals surface area contributed by atoms with Crippen LogP contribution in [0.15, 0.2) is 10.8 Å². The summed E-state index contributed by atoms with van der Waals surface area (Å²) in [5.74, 6) is -2.00. The molecule has 0 spiro atoms. The topological polar surface area (TPSA) is 12.9 Å². The fraction of sp³-hybridized carbons (Fsp3) is 0.286. The van der Waals surface area contributed by atoms with Gasteiger partial charge in [-0.3, -0.25) is 0 Å². The molecule has 0 aromatic carbocycles. The fourth-order valence-electron chi connectivity index (χ4n) is 0.876. The van der Waals surface area contributed by atoms with Crippen molar-refractivity contribution in [1.29, 1.82) is 0 Å². The van der Waals surface area contributed by atoms with E-state index in [9.17, 15) is 26.3 Å². The Hall–Kier alpha value is -0.790. The Morgan fingerprint density at radius 1 is 1.27 bits per heavy atom. The summed E-state index contributed by atoms with van der Waals surface area (Å²) in [6.07, 6.45) is -8.05. The summed E-state index contributed by atoms with van der Waals surface area (Å²) in [5, 5.41) is 0. The zero-order valence-corrected chi connectivity index (χ0v) is 8.33. The van der Waals surface area contributed by atoms with E-state index in [2.05, 4.69) is 20.9 Å². The van der Waals surface area contributed by atoms with Crippen LogP contribution in [0.3, 0.4) is 0 Å². The zero-order chi connectivity index (χ0) is 11.8. The molecule has 8 heteroatoms. The third kappa shape index (κ3) is 2.42. The Morgan fingerprint density at radius 2 is 1.80 bits per heavy atom. The van der Waals surface area contributed by atoms with Crippen LogP contribution in [0.2, 0.25) is 0 Å². The molecule has 1 aromatic heterocycles. The highest BCUT2D eigenvalue weighted by atomic mass is 79.9. The average molecular weight is 294 g/mol. The second kappa shape index (κ2) is 3.99. The van der Waals surface area contributed by atoms with Gasteiger partial charge in [0.25, 0.3) is 6.43 Å². The van der Waals surface area contributed by atoms with Crippen LogP contribution in [-0.4, -0.2) is 4.98 Å². The smallest absolute Gasteiger partial charge is 0.248 e. The van der Waals surface area contributed by atoms with Gasteiger partial charge in [-0.05, 0) is 15.9 Å². The lowest BCUT2D eigenvalue weighted by atomic mass is 10.2. The first-order valence-electron chi connectivity index (χ1n) is 3.44. The molecule has 0 atom stereocenters. The minimum Gasteiger partial charge on any atom is -0.248 e. The van der Waals surface area contributed by atoms with E-state index in [1.807, 2.05) is 0 Å². The fourth-order valence-corrected chi connectivity index (χ4v) is 1.38. The number of hydrogen-bond donors (Lipinski definition) is 0. The molecule has 0 aliphatic rings. The van der Waals surface area contributed by atoms with Gasteiger partial charge < -0.3 is 0 Å². The molecule has 1 nitrogen and oxygen atoms in total. The molecule has 1 heterocycles. The zero-order valence-electron chi connectivity index (χ0n) is 6.75. The molecule has 0 fully saturated rings. The van der Waals surface area contributed by atoms with Crippen molar-refractivity contribution in [3.05, 3.63) is 27.7 Å². The minimum atomic E-state index is -5.07. The van der Waals surface area contributed by atoms with Crippen molar-refractivity contribution >= 4 is 15.9 Å². The van der Waals surface area contributed by atoms with E-state index in [1.54, 1.807) is 0 Å². The third-order valence-electron chi connectivity index (χ3n) is 1.51. The lowest BCUT2D eigenvalue weighted by molar-refractivity contribution is -0.141. The first-order valence-corrected chi connectivity index (χ1v) is 4.23. The molecule has 0 amide bonds. The van der Waals surface area contributed by atoms with Gasteiger partial charge in [-0.25, -0.2) is 18.2 Å². The number of alkyl halides is 5. The largest absolute Gasteiger partial charge is 0.421 e. The molecule has 1 rings (SSSR count). The lowest BCUT2D eigenvalue weighted by Gasteiger charge is -2.11. The molecule has 0 saturated heterocycles. The number of nitrogens with zero attached hydrogens (tertiary/aromatic N) is 1. The van der Waals surface area contributed by atoms with Crippen molar-refractivity contribution in [3.8, 4) is 0 Å². The molecule has 0 radical (unpaired) electrons. The predicted octanol–water partition coefficient (Wildman–Crippen LogP) is 3.94. The highest BCUT2D eigenvalue weighted by Crippen LogP contribution is 2.38. The first kappa shape index (κ1) is 12.3. The van der Waals surface area contributed by atoms with E-state index in [4.69, 9.17) is 0 Å². The van der Waals surface area contributed by atoms with E-state index < -0.39 is 34.1 Å². The summed E-state index contributed by atoms with van der Waals surface area (Å²) in [6.45, 7) is 0. The van der Waals surface area contributed by atoms with Gasteiger partial charge >= 0.3 is 6.18 Å². The summed E-state index contributed by atoms with van der Waals surface area (Å²) < 4.78 is 72.9.